The number of benzene rings is 2. The first-order valence-corrected chi connectivity index (χ1v) is 7.09. The molecule has 0 fully saturated rings. The van der Waals surface area contributed by atoms with Crippen molar-refractivity contribution >= 4 is 39.1 Å². The van der Waals surface area contributed by atoms with Crippen LogP contribution in [0.5, 0.6) is 0 Å². The SMILES string of the molecule is CC(=NNC(=O)c1ccc(Cl)cc1)c1cccc(Br)c1. The highest BCUT2D eigenvalue weighted by molar-refractivity contribution is 9.10. The second-order valence-corrected chi connectivity index (χ2v) is 5.51. The van der Waals surface area contributed by atoms with E-state index >= 15 is 0 Å². The number of halogens is 2. The van der Waals surface area contributed by atoms with Crippen LogP contribution in [0.2, 0.25) is 5.02 Å². The standard InChI is InChI=1S/C15H12BrClN2O/c1-10(12-3-2-4-13(16)9-12)18-19-15(20)11-5-7-14(17)8-6-11/h2-9H,1H3,(H,19,20). The zero-order valence-corrected chi connectivity index (χ0v) is 13.1. The maximum absolute atomic E-state index is 11.9. The highest BCUT2D eigenvalue weighted by atomic mass is 79.9. The van der Waals surface area contributed by atoms with Crippen LogP contribution in [0.4, 0.5) is 0 Å². The minimum Gasteiger partial charge on any atom is -0.267 e. The largest absolute Gasteiger partial charge is 0.271 e. The summed E-state index contributed by atoms with van der Waals surface area (Å²) in [7, 11) is 0. The zero-order valence-electron chi connectivity index (χ0n) is 10.7. The van der Waals surface area contributed by atoms with E-state index in [4.69, 9.17) is 11.6 Å². The molecule has 0 saturated carbocycles. The molecule has 0 saturated heterocycles. The molecule has 0 atom stereocenters. The van der Waals surface area contributed by atoms with E-state index in [1.54, 1.807) is 24.3 Å². The molecular formula is C15H12BrClN2O. The monoisotopic (exact) mass is 350 g/mol. The van der Waals surface area contributed by atoms with E-state index < -0.39 is 0 Å². The van der Waals surface area contributed by atoms with E-state index in [0.717, 1.165) is 15.7 Å². The highest BCUT2D eigenvalue weighted by Gasteiger charge is 2.04. The van der Waals surface area contributed by atoms with Crippen molar-refractivity contribution in [2.75, 3.05) is 0 Å². The van der Waals surface area contributed by atoms with Crippen LogP contribution >= 0.6 is 27.5 Å². The Hall–Kier alpha value is -1.65. The predicted octanol–water partition coefficient (Wildman–Crippen LogP) is 4.26. The lowest BCUT2D eigenvalue weighted by molar-refractivity contribution is 0.0955. The molecule has 2 aromatic rings. The average molecular weight is 352 g/mol. The number of carbonyl (C=O) groups is 1. The van der Waals surface area contributed by atoms with Crippen molar-refractivity contribution in [2.24, 2.45) is 5.10 Å². The average Bonchev–Trinajstić information content (AvgIpc) is 2.45. The van der Waals surface area contributed by atoms with Crippen molar-refractivity contribution in [3.63, 3.8) is 0 Å². The molecule has 1 amide bonds. The first-order valence-electron chi connectivity index (χ1n) is 5.92. The van der Waals surface area contributed by atoms with Gasteiger partial charge in [-0.15, -0.1) is 0 Å². The van der Waals surface area contributed by atoms with E-state index in [1.165, 1.54) is 0 Å². The van der Waals surface area contributed by atoms with Crippen LogP contribution in [-0.2, 0) is 0 Å². The Morgan fingerprint density at radius 1 is 1.15 bits per heavy atom. The van der Waals surface area contributed by atoms with Gasteiger partial charge in [0.15, 0.2) is 0 Å². The predicted molar refractivity (Wildman–Crippen MR) is 85.3 cm³/mol. The van der Waals surface area contributed by atoms with Crippen LogP contribution in [-0.4, -0.2) is 11.6 Å². The Balaban J connectivity index is 2.08. The maximum Gasteiger partial charge on any atom is 0.271 e. The Morgan fingerprint density at radius 3 is 2.50 bits per heavy atom. The van der Waals surface area contributed by atoms with Gasteiger partial charge in [-0.05, 0) is 48.9 Å². The minimum absolute atomic E-state index is 0.268. The van der Waals surface area contributed by atoms with E-state index in [0.29, 0.717) is 10.6 Å². The number of hydrazone groups is 1. The van der Waals surface area contributed by atoms with Gasteiger partial charge in [-0.25, -0.2) is 5.43 Å². The van der Waals surface area contributed by atoms with Gasteiger partial charge < -0.3 is 0 Å². The van der Waals surface area contributed by atoms with Gasteiger partial charge in [-0.3, -0.25) is 4.79 Å². The van der Waals surface area contributed by atoms with E-state index in [9.17, 15) is 4.79 Å². The van der Waals surface area contributed by atoms with Crippen LogP contribution in [0, 0.1) is 0 Å². The van der Waals surface area contributed by atoms with Gasteiger partial charge in [-0.1, -0.05) is 39.7 Å². The Labute approximate surface area is 130 Å². The quantitative estimate of drug-likeness (QED) is 0.651. The summed E-state index contributed by atoms with van der Waals surface area (Å²) in [6, 6.07) is 14.4. The number of nitrogens with zero attached hydrogens (tertiary/aromatic N) is 1. The fourth-order valence-corrected chi connectivity index (χ4v) is 2.10. The van der Waals surface area contributed by atoms with Gasteiger partial charge in [0.25, 0.3) is 5.91 Å². The van der Waals surface area contributed by atoms with Crippen LogP contribution in [0.3, 0.4) is 0 Å². The van der Waals surface area contributed by atoms with Gasteiger partial charge in [-0.2, -0.15) is 5.10 Å². The third kappa shape index (κ3) is 3.92. The summed E-state index contributed by atoms with van der Waals surface area (Å²) in [5, 5.41) is 4.69. The van der Waals surface area contributed by atoms with Gasteiger partial charge in [0.2, 0.25) is 0 Å². The lowest BCUT2D eigenvalue weighted by atomic mass is 10.1. The normalized spacial score (nSPS) is 11.2. The van der Waals surface area contributed by atoms with Crippen molar-refractivity contribution < 1.29 is 4.79 Å². The minimum atomic E-state index is -0.268. The Kier molecular flexibility index (Phi) is 4.93. The smallest absolute Gasteiger partial charge is 0.267 e. The van der Waals surface area contributed by atoms with Crippen LogP contribution < -0.4 is 5.43 Å². The first kappa shape index (κ1) is 14.8. The number of carbonyl (C=O) groups excluding carboxylic acids is 1. The Bertz CT molecular complexity index is 653. The molecule has 1 N–H and O–H groups in total. The number of hydrogen-bond acceptors (Lipinski definition) is 2. The summed E-state index contributed by atoms with van der Waals surface area (Å²) in [5.74, 6) is -0.268. The fraction of sp³-hybridized carbons (Fsp3) is 0.0667. The van der Waals surface area contributed by atoms with Crippen molar-refractivity contribution in [3.8, 4) is 0 Å². The third-order valence-corrected chi connectivity index (χ3v) is 3.42. The maximum atomic E-state index is 11.9. The van der Waals surface area contributed by atoms with E-state index in [2.05, 4.69) is 26.5 Å². The summed E-state index contributed by atoms with van der Waals surface area (Å²) >= 11 is 9.17. The van der Waals surface area contributed by atoms with E-state index in [-0.39, 0.29) is 5.91 Å². The topological polar surface area (TPSA) is 41.5 Å². The third-order valence-electron chi connectivity index (χ3n) is 2.67. The summed E-state index contributed by atoms with van der Waals surface area (Å²) in [5.41, 5.74) is 4.71. The number of amides is 1. The second-order valence-electron chi connectivity index (χ2n) is 4.16. The molecule has 0 aliphatic heterocycles. The van der Waals surface area contributed by atoms with E-state index in [1.807, 2.05) is 31.2 Å². The van der Waals surface area contributed by atoms with Gasteiger partial charge in [0, 0.05) is 15.1 Å². The molecule has 0 heterocycles. The molecule has 2 rings (SSSR count). The van der Waals surface area contributed by atoms with Crippen LogP contribution in [0.25, 0.3) is 0 Å². The lowest BCUT2D eigenvalue weighted by Crippen LogP contribution is -2.19. The van der Waals surface area contributed by atoms with Gasteiger partial charge in [0.05, 0.1) is 5.71 Å². The van der Waals surface area contributed by atoms with Crippen molar-refractivity contribution in [3.05, 3.63) is 69.2 Å². The lowest BCUT2D eigenvalue weighted by Gasteiger charge is -2.03. The van der Waals surface area contributed by atoms with Crippen molar-refractivity contribution in [2.45, 2.75) is 6.92 Å². The molecule has 0 aromatic heterocycles. The zero-order chi connectivity index (χ0) is 14.5. The highest BCUT2D eigenvalue weighted by Crippen LogP contribution is 2.12. The summed E-state index contributed by atoms with van der Waals surface area (Å²) in [6.07, 6.45) is 0. The molecule has 0 radical (unpaired) electrons. The molecule has 5 heteroatoms. The molecule has 0 aliphatic carbocycles. The Morgan fingerprint density at radius 2 is 1.85 bits per heavy atom. The van der Waals surface area contributed by atoms with Crippen LogP contribution in [0.1, 0.15) is 22.8 Å². The molecule has 2 aromatic carbocycles. The molecule has 0 unspecified atom stereocenters. The molecule has 0 aliphatic rings. The summed E-state index contributed by atoms with van der Waals surface area (Å²) < 4.78 is 0.966. The van der Waals surface area contributed by atoms with Gasteiger partial charge >= 0.3 is 0 Å². The second kappa shape index (κ2) is 6.68. The first-order chi connectivity index (χ1) is 9.56. The van der Waals surface area contributed by atoms with Crippen molar-refractivity contribution in [1.29, 1.82) is 0 Å². The summed E-state index contributed by atoms with van der Waals surface area (Å²) in [4.78, 5) is 11.9. The number of hydrogen-bond donors (Lipinski definition) is 1. The molecule has 3 nitrogen and oxygen atoms in total. The molecule has 0 spiro atoms. The molecule has 102 valence electrons. The van der Waals surface area contributed by atoms with Crippen molar-refractivity contribution in [1.82, 2.24) is 5.43 Å². The number of rotatable bonds is 3. The summed E-state index contributed by atoms with van der Waals surface area (Å²) in [6.45, 7) is 1.84. The van der Waals surface area contributed by atoms with Gasteiger partial charge in [0.1, 0.15) is 0 Å². The van der Waals surface area contributed by atoms with Crippen LogP contribution in [0.15, 0.2) is 58.1 Å². The fourth-order valence-electron chi connectivity index (χ4n) is 1.58. The molecule has 0 bridgehead atoms. The molecular weight excluding hydrogens is 340 g/mol. The number of nitrogens with one attached hydrogen (secondary N) is 1. The molecule has 20 heavy (non-hydrogen) atoms.